The number of hydrogen-bond donors (Lipinski definition) is 3. The highest BCUT2D eigenvalue weighted by molar-refractivity contribution is 7.91. The third kappa shape index (κ3) is 5.77. The second-order valence-corrected chi connectivity index (χ2v) is 9.70. The molecule has 0 spiro atoms. The molecule has 10 heteroatoms. The van der Waals surface area contributed by atoms with Gasteiger partial charge in [-0.25, -0.2) is 17.9 Å². The first-order valence-corrected chi connectivity index (χ1v) is 11.1. The molecule has 1 fully saturated rings. The fourth-order valence-electron chi connectivity index (χ4n) is 2.78. The number of hydrogen-bond acceptors (Lipinski definition) is 5. The number of aromatic nitrogens is 1. The fraction of sp³-hybridized carbons (Fsp3) is 0.158. The Hall–Kier alpha value is -2.46. The van der Waals surface area contributed by atoms with Gasteiger partial charge in [0.05, 0.1) is 15.6 Å². The number of thiophene rings is 1. The van der Waals surface area contributed by atoms with Gasteiger partial charge >= 0.3 is 6.16 Å². The van der Waals surface area contributed by atoms with Crippen LogP contribution in [0.3, 0.4) is 0 Å². The summed E-state index contributed by atoms with van der Waals surface area (Å²) in [5.41, 5.74) is 1.89. The molecule has 1 aliphatic carbocycles. The van der Waals surface area contributed by atoms with Crippen LogP contribution in [-0.4, -0.2) is 35.8 Å². The van der Waals surface area contributed by atoms with Gasteiger partial charge in [-0.15, -0.1) is 11.3 Å². The van der Waals surface area contributed by atoms with Crippen LogP contribution in [0.4, 0.5) is 4.79 Å². The lowest BCUT2D eigenvalue weighted by molar-refractivity contribution is 0.137. The van der Waals surface area contributed by atoms with Crippen LogP contribution < -0.4 is 4.72 Å². The van der Waals surface area contributed by atoms with E-state index in [4.69, 9.17) is 26.6 Å². The zero-order chi connectivity index (χ0) is 21.0. The summed E-state index contributed by atoms with van der Waals surface area (Å²) in [4.78, 5) is 13.6. The van der Waals surface area contributed by atoms with E-state index in [0.29, 0.717) is 14.9 Å². The first kappa shape index (κ1) is 21.3. The minimum absolute atomic E-state index is 0.0355. The number of pyridine rings is 1. The van der Waals surface area contributed by atoms with Gasteiger partial charge in [-0.3, -0.25) is 4.98 Å². The highest BCUT2D eigenvalue weighted by atomic mass is 35.5. The Morgan fingerprint density at radius 1 is 1.10 bits per heavy atom. The van der Waals surface area contributed by atoms with E-state index in [2.05, 4.69) is 9.71 Å². The first-order valence-electron chi connectivity index (χ1n) is 8.47. The first-order chi connectivity index (χ1) is 13.8. The topological polar surface area (TPSA) is 117 Å². The average Bonchev–Trinajstić information content (AvgIpc) is 3.23. The maximum atomic E-state index is 12.6. The molecule has 152 valence electrons. The molecular formula is C19H17ClN2O5S2. The summed E-state index contributed by atoms with van der Waals surface area (Å²) in [5.74, 6) is 0.258. The van der Waals surface area contributed by atoms with Crippen molar-refractivity contribution in [3.8, 4) is 10.6 Å². The largest absolute Gasteiger partial charge is 0.503 e. The zero-order valence-electron chi connectivity index (χ0n) is 14.9. The second-order valence-electron chi connectivity index (χ2n) is 6.24. The van der Waals surface area contributed by atoms with Crippen LogP contribution in [0.2, 0.25) is 5.02 Å². The molecular weight excluding hydrogens is 436 g/mol. The number of nitrogens with one attached hydrogen (secondary N) is 1. The van der Waals surface area contributed by atoms with Crippen LogP contribution >= 0.6 is 22.9 Å². The van der Waals surface area contributed by atoms with Crippen LogP contribution in [0.1, 0.15) is 17.9 Å². The van der Waals surface area contributed by atoms with Gasteiger partial charge in [0.25, 0.3) is 0 Å². The maximum Gasteiger partial charge on any atom is 0.503 e. The molecule has 1 saturated carbocycles. The smallest absolute Gasteiger partial charge is 0.450 e. The van der Waals surface area contributed by atoms with Crippen LogP contribution in [0.25, 0.3) is 10.6 Å². The number of halogens is 1. The summed E-state index contributed by atoms with van der Waals surface area (Å²) < 4.78 is 28.3. The summed E-state index contributed by atoms with van der Waals surface area (Å²) in [6, 6.07) is 16.9. The molecule has 0 aliphatic heterocycles. The third-order valence-electron chi connectivity index (χ3n) is 4.15. The number of sulfonamides is 1. The van der Waals surface area contributed by atoms with E-state index in [-0.39, 0.29) is 12.0 Å². The van der Waals surface area contributed by atoms with Crippen molar-refractivity contribution in [2.75, 3.05) is 0 Å². The standard InChI is InChI=1S/C18H15ClN2O2S2.CH2O3/c19-13-6-7-15(20-11-13)17-8-9-18(24-17)25(22,23)21-16-10-14(16)12-4-2-1-3-5-12;2-1(3)4/h1-9,11,14,16,21H,10H2;(H2,2,3,4)/t14-,16+;/m1./s1. The summed E-state index contributed by atoms with van der Waals surface area (Å²) in [5, 5.41) is 14.5. The van der Waals surface area contributed by atoms with Crippen molar-refractivity contribution in [2.24, 2.45) is 0 Å². The van der Waals surface area contributed by atoms with E-state index < -0.39 is 16.2 Å². The van der Waals surface area contributed by atoms with Crippen molar-refractivity contribution in [1.29, 1.82) is 0 Å². The van der Waals surface area contributed by atoms with Gasteiger partial charge in [0.1, 0.15) is 4.21 Å². The molecule has 3 aromatic rings. The molecule has 29 heavy (non-hydrogen) atoms. The molecule has 2 heterocycles. The molecule has 0 saturated heterocycles. The number of rotatable bonds is 5. The Balaban J connectivity index is 0.000000552. The minimum atomic E-state index is -3.52. The van der Waals surface area contributed by atoms with Gasteiger partial charge in [0.2, 0.25) is 10.0 Å². The van der Waals surface area contributed by atoms with E-state index >= 15 is 0 Å². The number of benzene rings is 1. The lowest BCUT2D eigenvalue weighted by Gasteiger charge is -2.04. The quantitative estimate of drug-likeness (QED) is 0.524. The summed E-state index contributed by atoms with van der Waals surface area (Å²) >= 11 is 7.05. The third-order valence-corrected chi connectivity index (χ3v) is 7.46. The molecule has 0 unspecified atom stereocenters. The maximum absolute atomic E-state index is 12.6. The summed E-state index contributed by atoms with van der Waals surface area (Å²) in [6.45, 7) is 0. The number of nitrogens with zero attached hydrogens (tertiary/aromatic N) is 1. The molecule has 2 atom stereocenters. The van der Waals surface area contributed by atoms with Crippen LogP contribution in [0, 0.1) is 0 Å². The van der Waals surface area contributed by atoms with Crippen molar-refractivity contribution >= 4 is 39.1 Å². The van der Waals surface area contributed by atoms with Crippen LogP contribution in [-0.2, 0) is 10.0 Å². The SMILES string of the molecule is O=C(O)O.O=S(=O)(N[C@H]1C[C@@H]1c1ccccc1)c1ccc(-c2ccc(Cl)cn2)s1. The molecule has 1 aliphatic rings. The molecule has 7 nitrogen and oxygen atoms in total. The van der Waals surface area contributed by atoms with Crippen molar-refractivity contribution in [1.82, 2.24) is 9.71 Å². The van der Waals surface area contributed by atoms with E-state index in [1.54, 1.807) is 30.5 Å². The van der Waals surface area contributed by atoms with Gasteiger partial charge in [-0.05, 0) is 36.2 Å². The Kier molecular flexibility index (Phi) is 6.53. The molecule has 0 bridgehead atoms. The predicted octanol–water partition coefficient (Wildman–Crippen LogP) is 4.52. The van der Waals surface area contributed by atoms with Gasteiger partial charge in [0, 0.05) is 18.2 Å². The van der Waals surface area contributed by atoms with E-state index in [1.165, 1.54) is 16.9 Å². The lowest BCUT2D eigenvalue weighted by atomic mass is 10.1. The highest BCUT2D eigenvalue weighted by Crippen LogP contribution is 2.42. The predicted molar refractivity (Wildman–Crippen MR) is 111 cm³/mol. The van der Waals surface area contributed by atoms with Crippen LogP contribution in [0.15, 0.2) is 65.0 Å². The average molecular weight is 453 g/mol. The molecule has 3 N–H and O–H groups in total. The van der Waals surface area contributed by atoms with Crippen molar-refractivity contribution in [3.63, 3.8) is 0 Å². The molecule has 0 amide bonds. The molecule has 1 aromatic carbocycles. The van der Waals surface area contributed by atoms with Crippen molar-refractivity contribution in [2.45, 2.75) is 22.6 Å². The van der Waals surface area contributed by atoms with Gasteiger partial charge in [-0.1, -0.05) is 41.9 Å². The van der Waals surface area contributed by atoms with Crippen molar-refractivity contribution < 1.29 is 23.4 Å². The molecule has 0 radical (unpaired) electrons. The number of carbonyl (C=O) groups is 1. The Labute approximate surface area is 176 Å². The van der Waals surface area contributed by atoms with E-state index in [0.717, 1.165) is 11.3 Å². The Morgan fingerprint density at radius 3 is 2.41 bits per heavy atom. The van der Waals surface area contributed by atoms with E-state index in [1.807, 2.05) is 30.3 Å². The fourth-order valence-corrected chi connectivity index (χ4v) is 5.48. The second kappa shape index (κ2) is 8.91. The monoisotopic (exact) mass is 452 g/mol. The minimum Gasteiger partial charge on any atom is -0.450 e. The van der Waals surface area contributed by atoms with Gasteiger partial charge in [-0.2, -0.15) is 0 Å². The molecule has 2 aromatic heterocycles. The van der Waals surface area contributed by atoms with Gasteiger partial charge in [0.15, 0.2) is 0 Å². The zero-order valence-corrected chi connectivity index (χ0v) is 17.3. The normalized spacial score (nSPS) is 17.8. The highest BCUT2D eigenvalue weighted by Gasteiger charge is 2.41. The molecule has 4 rings (SSSR count). The number of carboxylic acid groups (broad SMARTS) is 2. The Morgan fingerprint density at radius 2 is 1.79 bits per heavy atom. The van der Waals surface area contributed by atoms with Gasteiger partial charge < -0.3 is 10.2 Å². The van der Waals surface area contributed by atoms with Crippen LogP contribution in [0.5, 0.6) is 0 Å². The lowest BCUT2D eigenvalue weighted by Crippen LogP contribution is -2.26. The summed E-state index contributed by atoms with van der Waals surface area (Å²) in [7, 11) is -3.52. The Bertz CT molecular complexity index is 1080. The van der Waals surface area contributed by atoms with E-state index in [9.17, 15) is 8.42 Å². The summed E-state index contributed by atoms with van der Waals surface area (Å²) in [6.07, 6.45) is 0.553. The van der Waals surface area contributed by atoms with Crippen molar-refractivity contribution in [3.05, 3.63) is 71.4 Å².